The van der Waals surface area contributed by atoms with E-state index < -0.39 is 0 Å². The largest absolute Gasteiger partial charge is 0.393 e. The van der Waals surface area contributed by atoms with Crippen molar-refractivity contribution in [2.75, 3.05) is 19.6 Å². The minimum Gasteiger partial charge on any atom is -0.393 e. The second-order valence-electron chi connectivity index (χ2n) is 7.22. The Bertz CT molecular complexity index is 243. The third-order valence-electron chi connectivity index (χ3n) is 4.84. The Morgan fingerprint density at radius 2 is 1.82 bits per heavy atom. The summed E-state index contributed by atoms with van der Waals surface area (Å²) in [4.78, 5) is 2.58. The molecule has 2 fully saturated rings. The van der Waals surface area contributed by atoms with Gasteiger partial charge >= 0.3 is 0 Å². The van der Waals surface area contributed by atoms with E-state index in [-0.39, 0.29) is 6.10 Å². The minimum atomic E-state index is -0.0534. The van der Waals surface area contributed by atoms with E-state index in [2.05, 4.69) is 25.7 Å². The van der Waals surface area contributed by atoms with Crippen LogP contribution in [0.1, 0.15) is 52.9 Å². The molecule has 1 saturated heterocycles. The van der Waals surface area contributed by atoms with Crippen LogP contribution in [0.15, 0.2) is 0 Å². The van der Waals surface area contributed by atoms with E-state index in [0.717, 1.165) is 18.9 Å². The van der Waals surface area contributed by atoms with Gasteiger partial charge in [-0.05, 0) is 62.4 Å². The average Bonchev–Trinajstić information content (AvgIpc) is 2.26. The van der Waals surface area contributed by atoms with E-state index in [9.17, 15) is 5.11 Å². The Hall–Kier alpha value is -0.0800. The van der Waals surface area contributed by atoms with Crippen LogP contribution in [0, 0.1) is 17.3 Å². The van der Waals surface area contributed by atoms with Crippen molar-refractivity contribution in [3.63, 3.8) is 0 Å². The Morgan fingerprint density at radius 3 is 2.47 bits per heavy atom. The second-order valence-corrected chi connectivity index (χ2v) is 7.22. The Morgan fingerprint density at radius 1 is 1.18 bits per heavy atom. The molecule has 2 rings (SSSR count). The standard InChI is InChI=1S/C15H29NO/c1-12-5-8-16(9-6-12)11-13-10-15(2,3)7-4-14(13)17/h12-14,17H,4-11H2,1-3H3. The Balaban J connectivity index is 1.84. The lowest BCUT2D eigenvalue weighted by Gasteiger charge is -2.42. The molecule has 1 aliphatic carbocycles. The first-order valence-electron chi connectivity index (χ1n) is 7.37. The van der Waals surface area contributed by atoms with E-state index in [1.807, 2.05) is 0 Å². The van der Waals surface area contributed by atoms with Gasteiger partial charge in [0.15, 0.2) is 0 Å². The molecule has 2 heteroatoms. The van der Waals surface area contributed by atoms with Gasteiger partial charge in [0, 0.05) is 6.54 Å². The summed E-state index contributed by atoms with van der Waals surface area (Å²) in [5.41, 5.74) is 0.437. The van der Waals surface area contributed by atoms with Gasteiger partial charge in [0.1, 0.15) is 0 Å². The predicted octanol–water partition coefficient (Wildman–Crippen LogP) is 2.91. The third-order valence-corrected chi connectivity index (χ3v) is 4.84. The van der Waals surface area contributed by atoms with E-state index in [4.69, 9.17) is 0 Å². The van der Waals surface area contributed by atoms with Gasteiger partial charge in [-0.25, -0.2) is 0 Å². The summed E-state index contributed by atoms with van der Waals surface area (Å²) in [7, 11) is 0. The fraction of sp³-hybridized carbons (Fsp3) is 1.00. The number of nitrogens with zero attached hydrogens (tertiary/aromatic N) is 1. The van der Waals surface area contributed by atoms with Crippen LogP contribution in [-0.2, 0) is 0 Å². The number of likely N-dealkylation sites (tertiary alicyclic amines) is 1. The van der Waals surface area contributed by atoms with Crippen LogP contribution in [0.3, 0.4) is 0 Å². The molecule has 0 aromatic rings. The summed E-state index contributed by atoms with van der Waals surface area (Å²) >= 11 is 0. The maximum absolute atomic E-state index is 10.2. The number of rotatable bonds is 2. The minimum absolute atomic E-state index is 0.0534. The number of aliphatic hydroxyl groups is 1. The first-order chi connectivity index (χ1) is 7.96. The molecule has 2 atom stereocenters. The van der Waals surface area contributed by atoms with Crippen molar-refractivity contribution < 1.29 is 5.11 Å². The van der Waals surface area contributed by atoms with E-state index in [1.54, 1.807) is 0 Å². The summed E-state index contributed by atoms with van der Waals surface area (Å²) in [5, 5.41) is 10.2. The van der Waals surface area contributed by atoms with E-state index >= 15 is 0 Å². The van der Waals surface area contributed by atoms with E-state index in [0.29, 0.717) is 11.3 Å². The zero-order chi connectivity index (χ0) is 12.5. The highest BCUT2D eigenvalue weighted by Gasteiger charge is 2.35. The molecule has 0 aromatic heterocycles. The average molecular weight is 239 g/mol. The van der Waals surface area contributed by atoms with Crippen LogP contribution in [0.25, 0.3) is 0 Å². The van der Waals surface area contributed by atoms with Crippen LogP contribution in [0.5, 0.6) is 0 Å². The van der Waals surface area contributed by atoms with Gasteiger partial charge in [0.05, 0.1) is 6.10 Å². The van der Waals surface area contributed by atoms with Gasteiger partial charge in [0.25, 0.3) is 0 Å². The number of hydrogen-bond donors (Lipinski definition) is 1. The van der Waals surface area contributed by atoms with Crippen molar-refractivity contribution in [3.8, 4) is 0 Å². The molecule has 2 aliphatic rings. The van der Waals surface area contributed by atoms with Crippen molar-refractivity contribution in [2.45, 2.75) is 59.0 Å². The topological polar surface area (TPSA) is 23.5 Å². The lowest BCUT2D eigenvalue weighted by atomic mass is 9.70. The molecule has 0 amide bonds. The summed E-state index contributed by atoms with van der Waals surface area (Å²) < 4.78 is 0. The molecular weight excluding hydrogens is 210 g/mol. The fourth-order valence-electron chi connectivity index (χ4n) is 3.48. The smallest absolute Gasteiger partial charge is 0.0581 e. The molecule has 0 aromatic carbocycles. The lowest BCUT2D eigenvalue weighted by Crippen LogP contribution is -2.43. The molecule has 1 heterocycles. The number of piperidine rings is 1. The highest BCUT2D eigenvalue weighted by Crippen LogP contribution is 2.39. The first kappa shape index (κ1) is 13.4. The second kappa shape index (κ2) is 5.27. The van der Waals surface area contributed by atoms with E-state index in [1.165, 1.54) is 38.8 Å². The van der Waals surface area contributed by atoms with Gasteiger partial charge in [0.2, 0.25) is 0 Å². The molecule has 100 valence electrons. The van der Waals surface area contributed by atoms with Crippen LogP contribution in [-0.4, -0.2) is 35.7 Å². The van der Waals surface area contributed by atoms with Crippen LogP contribution in [0.2, 0.25) is 0 Å². The highest BCUT2D eigenvalue weighted by atomic mass is 16.3. The first-order valence-corrected chi connectivity index (χ1v) is 7.37. The van der Waals surface area contributed by atoms with Gasteiger partial charge in [-0.15, -0.1) is 0 Å². The maximum atomic E-state index is 10.2. The molecule has 0 radical (unpaired) electrons. The van der Waals surface area contributed by atoms with Gasteiger partial charge in [-0.2, -0.15) is 0 Å². The van der Waals surface area contributed by atoms with Crippen molar-refractivity contribution in [2.24, 2.45) is 17.3 Å². The Kier molecular flexibility index (Phi) is 4.14. The molecule has 1 saturated carbocycles. The summed E-state index contributed by atoms with van der Waals surface area (Å²) in [6.07, 6.45) is 6.00. The third kappa shape index (κ3) is 3.69. The molecule has 1 N–H and O–H groups in total. The molecule has 17 heavy (non-hydrogen) atoms. The molecule has 2 unspecified atom stereocenters. The maximum Gasteiger partial charge on any atom is 0.0581 e. The quantitative estimate of drug-likeness (QED) is 0.801. The monoisotopic (exact) mass is 239 g/mol. The lowest BCUT2D eigenvalue weighted by molar-refractivity contribution is -0.000260. The summed E-state index contributed by atoms with van der Waals surface area (Å²) in [6.45, 7) is 10.7. The predicted molar refractivity (Wildman–Crippen MR) is 72.0 cm³/mol. The summed E-state index contributed by atoms with van der Waals surface area (Å²) in [5.74, 6) is 1.41. The molecule has 1 aliphatic heterocycles. The van der Waals surface area contributed by atoms with Crippen LogP contribution >= 0.6 is 0 Å². The number of hydrogen-bond acceptors (Lipinski definition) is 2. The summed E-state index contributed by atoms with van der Waals surface area (Å²) in [6, 6.07) is 0. The van der Waals surface area contributed by atoms with Gasteiger partial charge < -0.3 is 10.0 Å². The fourth-order valence-corrected chi connectivity index (χ4v) is 3.48. The van der Waals surface area contributed by atoms with Crippen molar-refractivity contribution in [1.82, 2.24) is 4.90 Å². The van der Waals surface area contributed by atoms with Crippen molar-refractivity contribution in [1.29, 1.82) is 0 Å². The molecule has 0 bridgehead atoms. The molecular formula is C15H29NO. The molecule has 0 spiro atoms. The van der Waals surface area contributed by atoms with Crippen molar-refractivity contribution >= 4 is 0 Å². The van der Waals surface area contributed by atoms with Crippen molar-refractivity contribution in [3.05, 3.63) is 0 Å². The molecule has 2 nitrogen and oxygen atoms in total. The van der Waals surface area contributed by atoms with Gasteiger partial charge in [-0.3, -0.25) is 0 Å². The normalized spacial score (nSPS) is 36.0. The zero-order valence-electron chi connectivity index (χ0n) is 11.8. The van der Waals surface area contributed by atoms with Gasteiger partial charge in [-0.1, -0.05) is 20.8 Å². The Labute approximate surface area is 106 Å². The zero-order valence-corrected chi connectivity index (χ0v) is 11.8. The highest BCUT2D eigenvalue weighted by molar-refractivity contribution is 4.87. The number of aliphatic hydroxyl groups excluding tert-OH is 1. The van der Waals surface area contributed by atoms with Crippen LogP contribution < -0.4 is 0 Å². The van der Waals surface area contributed by atoms with Crippen LogP contribution in [0.4, 0.5) is 0 Å². The SMILES string of the molecule is CC1CCN(CC2CC(C)(C)CCC2O)CC1.